The van der Waals surface area contributed by atoms with E-state index in [9.17, 15) is 13.2 Å². The van der Waals surface area contributed by atoms with E-state index in [2.05, 4.69) is 0 Å². The van der Waals surface area contributed by atoms with Crippen molar-refractivity contribution in [2.75, 3.05) is 20.4 Å². The van der Waals surface area contributed by atoms with Crippen molar-refractivity contribution < 1.29 is 17.9 Å². The average molecular weight is 325 g/mol. The van der Waals surface area contributed by atoms with Crippen LogP contribution in [0.4, 0.5) is 0 Å². The van der Waals surface area contributed by atoms with Gasteiger partial charge in [0.25, 0.3) is 0 Å². The van der Waals surface area contributed by atoms with Gasteiger partial charge in [0.05, 0.1) is 7.11 Å². The first kappa shape index (κ1) is 16.8. The van der Waals surface area contributed by atoms with Crippen LogP contribution >= 0.6 is 0 Å². The van der Waals surface area contributed by atoms with Crippen molar-refractivity contribution in [3.05, 3.63) is 28.8 Å². The lowest BCUT2D eigenvalue weighted by Gasteiger charge is -2.23. The summed E-state index contributed by atoms with van der Waals surface area (Å²) in [5, 5.41) is 0. The Morgan fingerprint density at radius 1 is 1.27 bits per heavy atom. The summed E-state index contributed by atoms with van der Waals surface area (Å²) in [5.41, 5.74) is 2.97. The fourth-order valence-corrected chi connectivity index (χ4v) is 4.32. The van der Waals surface area contributed by atoms with Crippen molar-refractivity contribution in [3.63, 3.8) is 0 Å². The summed E-state index contributed by atoms with van der Waals surface area (Å²) in [6, 6.07) is 3.94. The molecule has 0 spiro atoms. The number of ether oxygens (including phenoxy) is 1. The van der Waals surface area contributed by atoms with Gasteiger partial charge in [0.15, 0.2) is 14.6 Å². The third-order valence-electron chi connectivity index (χ3n) is 4.29. The maximum atomic E-state index is 12.5. The first-order valence-corrected chi connectivity index (χ1v) is 9.11. The topological polar surface area (TPSA) is 63.7 Å². The highest BCUT2D eigenvalue weighted by Gasteiger charge is 2.59. The molecular formula is C16H23NO4S. The normalized spacial score (nSPS) is 16.2. The highest BCUT2D eigenvalue weighted by atomic mass is 32.2. The smallest absolute Gasteiger partial charge is 0.244 e. The van der Waals surface area contributed by atoms with E-state index in [-0.39, 0.29) is 5.91 Å². The molecule has 0 aromatic heterocycles. The Bertz CT molecular complexity index is 682. The molecule has 0 aliphatic heterocycles. The van der Waals surface area contributed by atoms with E-state index in [0.717, 1.165) is 28.7 Å². The van der Waals surface area contributed by atoms with Gasteiger partial charge in [-0.15, -0.1) is 0 Å². The molecule has 6 heteroatoms. The molecule has 0 heterocycles. The zero-order valence-corrected chi connectivity index (χ0v) is 14.6. The first-order chi connectivity index (χ1) is 10.1. The van der Waals surface area contributed by atoms with Crippen LogP contribution in [0.15, 0.2) is 12.1 Å². The van der Waals surface area contributed by atoms with E-state index in [4.69, 9.17) is 4.74 Å². The minimum Gasteiger partial charge on any atom is -0.496 e. The Labute approximate surface area is 132 Å². The van der Waals surface area contributed by atoms with Gasteiger partial charge in [-0.3, -0.25) is 4.79 Å². The molecule has 0 radical (unpaired) electrons. The van der Waals surface area contributed by atoms with Crippen LogP contribution in [0.25, 0.3) is 0 Å². The van der Waals surface area contributed by atoms with Crippen molar-refractivity contribution in [3.8, 4) is 5.75 Å². The van der Waals surface area contributed by atoms with Crippen molar-refractivity contribution in [2.24, 2.45) is 0 Å². The van der Waals surface area contributed by atoms with Crippen molar-refractivity contribution in [1.29, 1.82) is 0 Å². The minimum atomic E-state index is -3.37. The lowest BCUT2D eigenvalue weighted by Crippen LogP contribution is -2.42. The van der Waals surface area contributed by atoms with Gasteiger partial charge in [-0.25, -0.2) is 8.42 Å². The summed E-state index contributed by atoms with van der Waals surface area (Å²) in [6.45, 7) is 4.30. The number of rotatable bonds is 5. The van der Waals surface area contributed by atoms with E-state index in [1.54, 1.807) is 14.2 Å². The van der Waals surface area contributed by atoms with Gasteiger partial charge in [0.1, 0.15) is 5.75 Å². The van der Waals surface area contributed by atoms with Crippen LogP contribution in [0.1, 0.15) is 29.5 Å². The molecule has 0 atom stereocenters. The van der Waals surface area contributed by atoms with Crippen LogP contribution < -0.4 is 4.74 Å². The third kappa shape index (κ3) is 2.84. The van der Waals surface area contributed by atoms with Gasteiger partial charge in [0.2, 0.25) is 5.91 Å². The predicted octanol–water partition coefficient (Wildman–Crippen LogP) is 1.85. The molecule has 1 aliphatic carbocycles. The number of hydrogen-bond donors (Lipinski definition) is 0. The number of hydrogen-bond acceptors (Lipinski definition) is 4. The SMILES string of the molecule is COc1c(C)cc(CN(C)C(=O)C2(S(C)(=O)=O)CC2)cc1C. The number of carbonyl (C=O) groups excluding carboxylic acids is 1. The van der Waals surface area contributed by atoms with E-state index in [1.165, 1.54) is 4.90 Å². The molecule has 122 valence electrons. The molecule has 1 saturated carbocycles. The molecule has 0 saturated heterocycles. The molecule has 22 heavy (non-hydrogen) atoms. The Morgan fingerprint density at radius 3 is 2.14 bits per heavy atom. The summed E-state index contributed by atoms with van der Waals surface area (Å²) in [4.78, 5) is 14.0. The van der Waals surface area contributed by atoms with Crippen LogP contribution in [0.2, 0.25) is 0 Å². The third-order valence-corrected chi connectivity index (χ3v) is 6.30. The fraction of sp³-hybridized carbons (Fsp3) is 0.562. The lowest BCUT2D eigenvalue weighted by atomic mass is 10.1. The van der Waals surface area contributed by atoms with E-state index >= 15 is 0 Å². The molecule has 1 fully saturated rings. The van der Waals surface area contributed by atoms with Crippen molar-refractivity contribution in [2.45, 2.75) is 38.0 Å². The van der Waals surface area contributed by atoms with Gasteiger partial charge in [-0.2, -0.15) is 0 Å². The van der Waals surface area contributed by atoms with Crippen LogP contribution in [-0.4, -0.2) is 44.4 Å². The second-order valence-electron chi connectivity index (χ2n) is 6.19. The molecule has 1 aromatic carbocycles. The Kier molecular flexibility index (Phi) is 4.26. The summed E-state index contributed by atoms with van der Waals surface area (Å²) in [5.74, 6) is 0.536. The Hall–Kier alpha value is -1.56. The summed E-state index contributed by atoms with van der Waals surface area (Å²) in [6.07, 6.45) is 2.00. The second-order valence-corrected chi connectivity index (χ2v) is 8.52. The van der Waals surface area contributed by atoms with Gasteiger partial charge in [-0.05, 0) is 43.4 Å². The number of benzene rings is 1. The standard InChI is InChI=1S/C16H23NO4S/c1-11-8-13(9-12(2)14(11)21-4)10-17(3)15(18)16(6-7-16)22(5,19)20/h8-9H,6-7,10H2,1-5H3. The maximum Gasteiger partial charge on any atom is 0.244 e. The largest absolute Gasteiger partial charge is 0.496 e. The second kappa shape index (κ2) is 5.57. The van der Waals surface area contributed by atoms with Crippen LogP contribution in [0, 0.1) is 13.8 Å². The first-order valence-electron chi connectivity index (χ1n) is 7.21. The number of nitrogens with zero attached hydrogens (tertiary/aromatic N) is 1. The van der Waals surface area contributed by atoms with Gasteiger partial charge >= 0.3 is 0 Å². The molecule has 5 nitrogen and oxygen atoms in total. The lowest BCUT2D eigenvalue weighted by molar-refractivity contribution is -0.130. The van der Waals surface area contributed by atoms with Gasteiger partial charge < -0.3 is 9.64 Å². The number of sulfone groups is 1. The maximum absolute atomic E-state index is 12.5. The van der Waals surface area contributed by atoms with Crippen molar-refractivity contribution in [1.82, 2.24) is 4.90 Å². The highest BCUT2D eigenvalue weighted by Crippen LogP contribution is 2.44. The molecule has 0 bridgehead atoms. The predicted molar refractivity (Wildman–Crippen MR) is 85.8 cm³/mol. The molecule has 1 aromatic rings. The summed E-state index contributed by atoms with van der Waals surface area (Å²) < 4.78 is 27.8. The van der Waals surface area contributed by atoms with Crippen LogP contribution in [0.5, 0.6) is 5.75 Å². The molecule has 0 unspecified atom stereocenters. The monoisotopic (exact) mass is 325 g/mol. The molecule has 1 aliphatic rings. The van der Waals surface area contributed by atoms with Gasteiger partial charge in [0, 0.05) is 19.8 Å². The van der Waals surface area contributed by atoms with E-state index in [1.807, 2.05) is 26.0 Å². The van der Waals surface area contributed by atoms with E-state index in [0.29, 0.717) is 19.4 Å². The zero-order chi connectivity index (χ0) is 16.7. The van der Waals surface area contributed by atoms with Crippen molar-refractivity contribution >= 4 is 15.7 Å². The highest BCUT2D eigenvalue weighted by molar-refractivity contribution is 7.93. The number of amides is 1. The van der Waals surface area contributed by atoms with Gasteiger partial charge in [-0.1, -0.05) is 12.1 Å². The molecular weight excluding hydrogens is 302 g/mol. The number of aryl methyl sites for hydroxylation is 2. The molecule has 2 rings (SSSR count). The summed E-state index contributed by atoms with van der Waals surface area (Å²) in [7, 11) is -0.0782. The number of methoxy groups -OCH3 is 1. The Balaban J connectivity index is 2.20. The van der Waals surface area contributed by atoms with Crippen LogP contribution in [0.3, 0.4) is 0 Å². The average Bonchev–Trinajstić information content (AvgIpc) is 3.18. The minimum absolute atomic E-state index is 0.305. The van der Waals surface area contributed by atoms with E-state index < -0.39 is 14.6 Å². The summed E-state index contributed by atoms with van der Waals surface area (Å²) >= 11 is 0. The molecule has 0 N–H and O–H groups in total. The van der Waals surface area contributed by atoms with Crippen LogP contribution in [-0.2, 0) is 21.2 Å². The molecule has 1 amide bonds. The quantitative estimate of drug-likeness (QED) is 0.829. The zero-order valence-electron chi connectivity index (χ0n) is 13.8. The number of carbonyl (C=O) groups is 1. The Morgan fingerprint density at radius 2 is 1.77 bits per heavy atom. The fourth-order valence-electron chi connectivity index (χ4n) is 3.00.